The van der Waals surface area contributed by atoms with Gasteiger partial charge in [-0.2, -0.15) is 0 Å². The van der Waals surface area contributed by atoms with Crippen LogP contribution in [0.3, 0.4) is 0 Å². The molecule has 1 aromatic heterocycles. The summed E-state index contributed by atoms with van der Waals surface area (Å²) in [5, 5.41) is 11.8. The molecule has 1 N–H and O–H groups in total. The van der Waals surface area contributed by atoms with Crippen molar-refractivity contribution in [3.8, 4) is 0 Å². The maximum absolute atomic E-state index is 12.7. The van der Waals surface area contributed by atoms with Crippen LogP contribution in [0, 0.1) is 6.92 Å². The minimum Gasteiger partial charge on any atom is -0.325 e. The first kappa shape index (κ1) is 26.3. The first-order valence-corrected chi connectivity index (χ1v) is 14.0. The van der Waals surface area contributed by atoms with Crippen LogP contribution >= 0.6 is 23.5 Å². The maximum Gasteiger partial charge on any atom is 0.242 e. The van der Waals surface area contributed by atoms with Crippen LogP contribution in [-0.2, 0) is 27.1 Å². The Bertz CT molecular complexity index is 1220. The van der Waals surface area contributed by atoms with Crippen molar-refractivity contribution in [2.45, 2.75) is 53.3 Å². The third-order valence-corrected chi connectivity index (χ3v) is 8.97. The Morgan fingerprint density at radius 2 is 1.74 bits per heavy atom. The van der Waals surface area contributed by atoms with Crippen LogP contribution in [0.15, 0.2) is 63.5 Å². The zero-order chi connectivity index (χ0) is 24.9. The second kappa shape index (κ2) is 11.4. The number of aromatic nitrogens is 3. The first-order chi connectivity index (χ1) is 16.1. The molecule has 0 aliphatic heterocycles. The summed E-state index contributed by atoms with van der Waals surface area (Å²) in [6.07, 6.45) is 0. The lowest BCUT2D eigenvalue weighted by atomic mass is 10.2. The van der Waals surface area contributed by atoms with E-state index < -0.39 is 15.3 Å². The lowest BCUT2D eigenvalue weighted by Crippen LogP contribution is -2.23. The van der Waals surface area contributed by atoms with Gasteiger partial charge in [-0.15, -0.1) is 22.0 Å². The molecule has 0 spiro atoms. The van der Waals surface area contributed by atoms with Crippen LogP contribution in [0.25, 0.3) is 0 Å². The zero-order valence-electron chi connectivity index (χ0n) is 19.8. The maximum atomic E-state index is 12.7. The summed E-state index contributed by atoms with van der Waals surface area (Å²) in [5.41, 5.74) is 1.75. The van der Waals surface area contributed by atoms with E-state index in [0.717, 1.165) is 10.1 Å². The Morgan fingerprint density at radius 3 is 2.32 bits per heavy atom. The summed E-state index contributed by atoms with van der Waals surface area (Å²) in [6, 6.07) is 14.5. The second-order valence-corrected chi connectivity index (χ2v) is 12.3. The number of nitrogens with one attached hydrogen (secondary N) is 1. The van der Waals surface area contributed by atoms with Crippen LogP contribution < -0.4 is 5.32 Å². The molecule has 8 nitrogen and oxygen atoms in total. The van der Waals surface area contributed by atoms with Gasteiger partial charge >= 0.3 is 0 Å². The summed E-state index contributed by atoms with van der Waals surface area (Å²) in [6.45, 7) is 6.60. The van der Waals surface area contributed by atoms with E-state index in [4.69, 9.17) is 0 Å². The molecule has 0 aliphatic carbocycles. The van der Waals surface area contributed by atoms with Gasteiger partial charge in [0, 0.05) is 31.2 Å². The van der Waals surface area contributed by atoms with E-state index in [1.807, 2.05) is 11.5 Å². The van der Waals surface area contributed by atoms with Gasteiger partial charge in [0.05, 0.1) is 15.9 Å². The number of rotatable bonds is 10. The average Bonchev–Trinajstić information content (AvgIpc) is 3.20. The number of hydrogen-bond donors (Lipinski definition) is 1. The Labute approximate surface area is 209 Å². The highest BCUT2D eigenvalue weighted by atomic mass is 32.2. The van der Waals surface area contributed by atoms with E-state index in [0.29, 0.717) is 23.1 Å². The SMILES string of the molecule is CCn1c(CSc2ccc(C)cc2)nnc1SC(C)C(=O)Nc1ccc(S(=O)(=O)N(C)C)cc1. The van der Waals surface area contributed by atoms with Gasteiger partial charge in [-0.25, -0.2) is 12.7 Å². The fourth-order valence-electron chi connectivity index (χ4n) is 2.99. The minimum atomic E-state index is -3.51. The molecule has 1 atom stereocenters. The Balaban J connectivity index is 1.62. The molecule has 0 bridgehead atoms. The zero-order valence-corrected chi connectivity index (χ0v) is 22.3. The predicted molar refractivity (Wildman–Crippen MR) is 138 cm³/mol. The number of amides is 1. The number of nitrogens with zero attached hydrogens (tertiary/aromatic N) is 4. The monoisotopic (exact) mass is 519 g/mol. The van der Waals surface area contributed by atoms with Crippen molar-refractivity contribution >= 4 is 45.1 Å². The Kier molecular flexibility index (Phi) is 8.80. The summed E-state index contributed by atoms with van der Waals surface area (Å²) in [5.74, 6) is 1.35. The van der Waals surface area contributed by atoms with Crippen LogP contribution in [0.5, 0.6) is 0 Å². The second-order valence-electron chi connectivity index (χ2n) is 7.81. The molecular formula is C23H29N5O3S3. The molecule has 11 heteroatoms. The smallest absolute Gasteiger partial charge is 0.242 e. The first-order valence-electron chi connectivity index (χ1n) is 10.7. The molecule has 34 heavy (non-hydrogen) atoms. The largest absolute Gasteiger partial charge is 0.325 e. The van der Waals surface area contributed by atoms with E-state index >= 15 is 0 Å². The number of aryl methyl sites for hydroxylation is 1. The number of carbonyl (C=O) groups excluding carboxylic acids is 1. The minimum absolute atomic E-state index is 0.171. The fraction of sp³-hybridized carbons (Fsp3) is 0.348. The molecule has 0 saturated carbocycles. The van der Waals surface area contributed by atoms with Gasteiger partial charge in [0.2, 0.25) is 15.9 Å². The molecule has 1 unspecified atom stereocenters. The van der Waals surface area contributed by atoms with Gasteiger partial charge in [0.1, 0.15) is 5.82 Å². The number of carbonyl (C=O) groups is 1. The van der Waals surface area contributed by atoms with E-state index in [9.17, 15) is 13.2 Å². The quantitative estimate of drug-likeness (QED) is 0.400. The summed E-state index contributed by atoms with van der Waals surface area (Å²) >= 11 is 3.04. The lowest BCUT2D eigenvalue weighted by molar-refractivity contribution is -0.115. The van der Waals surface area contributed by atoms with E-state index in [2.05, 4.69) is 46.7 Å². The van der Waals surface area contributed by atoms with Gasteiger partial charge in [-0.05, 0) is 57.2 Å². The van der Waals surface area contributed by atoms with Gasteiger partial charge in [-0.1, -0.05) is 29.5 Å². The summed E-state index contributed by atoms with van der Waals surface area (Å²) in [4.78, 5) is 14.1. The molecular weight excluding hydrogens is 490 g/mol. The van der Waals surface area contributed by atoms with Crippen LogP contribution in [0.1, 0.15) is 25.2 Å². The van der Waals surface area contributed by atoms with Crippen molar-refractivity contribution in [1.29, 1.82) is 0 Å². The number of hydrogen-bond acceptors (Lipinski definition) is 7. The number of anilines is 1. The molecule has 0 radical (unpaired) electrons. The molecule has 1 heterocycles. The van der Waals surface area contributed by atoms with Crippen molar-refractivity contribution in [3.63, 3.8) is 0 Å². The van der Waals surface area contributed by atoms with Crippen molar-refractivity contribution in [2.24, 2.45) is 0 Å². The van der Waals surface area contributed by atoms with Gasteiger partial charge in [0.15, 0.2) is 5.16 Å². The van der Waals surface area contributed by atoms with Crippen LogP contribution in [0.2, 0.25) is 0 Å². The third kappa shape index (κ3) is 6.41. The van der Waals surface area contributed by atoms with Crippen molar-refractivity contribution in [1.82, 2.24) is 19.1 Å². The van der Waals surface area contributed by atoms with Gasteiger partial charge in [0.25, 0.3) is 0 Å². The lowest BCUT2D eigenvalue weighted by Gasteiger charge is -2.14. The number of sulfonamides is 1. The third-order valence-electron chi connectivity index (χ3n) is 5.05. The standard InChI is InChI=1S/C23H29N5O3S3/c1-6-28-21(15-32-19-11-7-16(2)8-12-19)25-26-23(28)33-17(3)22(29)24-18-9-13-20(14-10-18)34(30,31)27(4)5/h7-14,17H,6,15H2,1-5H3,(H,24,29). The molecule has 2 aromatic carbocycles. The highest BCUT2D eigenvalue weighted by Gasteiger charge is 2.21. The molecule has 182 valence electrons. The van der Waals surface area contributed by atoms with E-state index in [1.165, 1.54) is 48.4 Å². The van der Waals surface area contributed by atoms with Gasteiger partial charge in [-0.3, -0.25) is 4.79 Å². The molecule has 0 saturated heterocycles. The normalized spacial score (nSPS) is 12.6. The van der Waals surface area contributed by atoms with E-state index in [-0.39, 0.29) is 10.8 Å². The molecule has 3 aromatic rings. The summed E-state index contributed by atoms with van der Waals surface area (Å²) < 4.78 is 27.6. The van der Waals surface area contributed by atoms with Crippen molar-refractivity contribution in [3.05, 3.63) is 59.9 Å². The molecule has 0 aliphatic rings. The topological polar surface area (TPSA) is 97.2 Å². The van der Waals surface area contributed by atoms with Crippen LogP contribution in [0.4, 0.5) is 5.69 Å². The Morgan fingerprint density at radius 1 is 1.09 bits per heavy atom. The molecule has 0 fully saturated rings. The van der Waals surface area contributed by atoms with Crippen molar-refractivity contribution in [2.75, 3.05) is 19.4 Å². The van der Waals surface area contributed by atoms with Crippen molar-refractivity contribution < 1.29 is 13.2 Å². The van der Waals surface area contributed by atoms with Crippen LogP contribution in [-0.4, -0.2) is 52.7 Å². The molecule has 1 amide bonds. The Hall–Kier alpha value is -2.34. The summed E-state index contributed by atoms with van der Waals surface area (Å²) in [7, 11) is -0.557. The van der Waals surface area contributed by atoms with E-state index in [1.54, 1.807) is 30.8 Å². The number of benzene rings is 2. The predicted octanol–water partition coefficient (Wildman–Crippen LogP) is 4.27. The number of thioether (sulfide) groups is 2. The fourth-order valence-corrected chi connectivity index (χ4v) is 5.66. The average molecular weight is 520 g/mol. The molecule has 3 rings (SSSR count). The highest BCUT2D eigenvalue weighted by molar-refractivity contribution is 8.00. The highest BCUT2D eigenvalue weighted by Crippen LogP contribution is 2.27. The van der Waals surface area contributed by atoms with Gasteiger partial charge < -0.3 is 9.88 Å².